The van der Waals surface area contributed by atoms with E-state index in [4.69, 9.17) is 10.5 Å². The topological polar surface area (TPSA) is 64.3 Å². The second kappa shape index (κ2) is 4.10. The fourth-order valence-electron chi connectivity index (χ4n) is 2.22. The van der Waals surface area contributed by atoms with Gasteiger partial charge in [-0.2, -0.15) is 0 Å². The van der Waals surface area contributed by atoms with Crippen LogP contribution in [0.2, 0.25) is 0 Å². The van der Waals surface area contributed by atoms with Crippen molar-refractivity contribution in [3.63, 3.8) is 0 Å². The monoisotopic (exact) mass is 212 g/mol. The summed E-state index contributed by atoms with van der Waals surface area (Å²) in [5.41, 5.74) is 5.00. The van der Waals surface area contributed by atoms with Crippen LogP contribution < -0.4 is 11.1 Å². The minimum atomic E-state index is -0.514. The normalized spacial score (nSPS) is 36.5. The molecule has 2 unspecified atom stereocenters. The molecule has 4 heteroatoms. The lowest BCUT2D eigenvalue weighted by Gasteiger charge is -2.38. The van der Waals surface area contributed by atoms with Crippen LogP contribution in [0.15, 0.2) is 0 Å². The summed E-state index contributed by atoms with van der Waals surface area (Å²) in [6.07, 6.45) is 4.11. The molecule has 2 atom stereocenters. The molecule has 86 valence electrons. The molecule has 4 nitrogen and oxygen atoms in total. The number of hydrogen-bond donors (Lipinski definition) is 2. The third kappa shape index (κ3) is 2.49. The Morgan fingerprint density at radius 1 is 1.60 bits per heavy atom. The summed E-state index contributed by atoms with van der Waals surface area (Å²) in [4.78, 5) is 11.6. The fraction of sp³-hybridized carbons (Fsp3) is 0.909. The Morgan fingerprint density at radius 2 is 2.33 bits per heavy atom. The molecule has 0 aromatic rings. The summed E-state index contributed by atoms with van der Waals surface area (Å²) in [6, 6.07) is 0. The van der Waals surface area contributed by atoms with E-state index in [1.54, 1.807) is 0 Å². The van der Waals surface area contributed by atoms with Gasteiger partial charge in [0.25, 0.3) is 0 Å². The summed E-state index contributed by atoms with van der Waals surface area (Å²) < 4.78 is 5.46. The second-order valence-electron chi connectivity index (χ2n) is 4.91. The highest BCUT2D eigenvalue weighted by Crippen LogP contribution is 2.30. The summed E-state index contributed by atoms with van der Waals surface area (Å²) >= 11 is 0. The van der Waals surface area contributed by atoms with Gasteiger partial charge in [-0.3, -0.25) is 4.79 Å². The van der Waals surface area contributed by atoms with Crippen molar-refractivity contribution in [2.45, 2.75) is 44.2 Å². The van der Waals surface area contributed by atoms with E-state index < -0.39 is 5.54 Å². The van der Waals surface area contributed by atoms with Crippen molar-refractivity contribution in [2.24, 2.45) is 11.7 Å². The zero-order chi connectivity index (χ0) is 10.9. The van der Waals surface area contributed by atoms with Gasteiger partial charge < -0.3 is 15.8 Å². The maximum absolute atomic E-state index is 11.6. The number of carbonyl (C=O) groups is 1. The minimum Gasteiger partial charge on any atom is -0.378 e. The van der Waals surface area contributed by atoms with Crippen molar-refractivity contribution in [1.29, 1.82) is 0 Å². The fourth-order valence-corrected chi connectivity index (χ4v) is 2.22. The number of nitrogens with one attached hydrogen (secondary N) is 1. The lowest BCUT2D eigenvalue weighted by atomic mass is 9.86. The van der Waals surface area contributed by atoms with Gasteiger partial charge in [0.05, 0.1) is 6.10 Å². The van der Waals surface area contributed by atoms with Crippen LogP contribution >= 0.6 is 0 Å². The quantitative estimate of drug-likeness (QED) is 0.709. The van der Waals surface area contributed by atoms with Crippen LogP contribution in [-0.4, -0.2) is 30.7 Å². The highest BCUT2D eigenvalue weighted by Gasteiger charge is 2.41. The predicted molar refractivity (Wildman–Crippen MR) is 57.3 cm³/mol. The average molecular weight is 212 g/mol. The lowest BCUT2D eigenvalue weighted by molar-refractivity contribution is -0.130. The van der Waals surface area contributed by atoms with E-state index in [1.165, 1.54) is 12.8 Å². The summed E-state index contributed by atoms with van der Waals surface area (Å²) in [7, 11) is 0. The molecule has 0 aromatic heterocycles. The summed E-state index contributed by atoms with van der Waals surface area (Å²) in [6.45, 7) is 3.55. The number of amides is 1. The van der Waals surface area contributed by atoms with E-state index in [-0.39, 0.29) is 12.0 Å². The van der Waals surface area contributed by atoms with Crippen LogP contribution in [0.1, 0.15) is 32.6 Å². The third-order valence-corrected chi connectivity index (χ3v) is 3.46. The Labute approximate surface area is 90.5 Å². The predicted octanol–water partition coefficient (Wildman–Crippen LogP) is 0.409. The van der Waals surface area contributed by atoms with Gasteiger partial charge in [-0.15, -0.1) is 0 Å². The highest BCUT2D eigenvalue weighted by atomic mass is 16.5. The maximum atomic E-state index is 11.6. The van der Waals surface area contributed by atoms with Crippen LogP contribution in [0.4, 0.5) is 0 Å². The molecule has 0 spiro atoms. The van der Waals surface area contributed by atoms with Gasteiger partial charge >= 0.3 is 0 Å². The van der Waals surface area contributed by atoms with E-state index in [1.807, 2.05) is 6.92 Å². The van der Waals surface area contributed by atoms with Gasteiger partial charge in [-0.25, -0.2) is 0 Å². The van der Waals surface area contributed by atoms with Crippen molar-refractivity contribution in [3.8, 4) is 0 Å². The first-order chi connectivity index (χ1) is 7.12. The van der Waals surface area contributed by atoms with Gasteiger partial charge in [0.1, 0.15) is 5.54 Å². The third-order valence-electron chi connectivity index (χ3n) is 3.46. The van der Waals surface area contributed by atoms with Crippen LogP contribution in [0, 0.1) is 5.92 Å². The van der Waals surface area contributed by atoms with E-state index in [9.17, 15) is 4.79 Å². The molecular weight excluding hydrogens is 192 g/mol. The van der Waals surface area contributed by atoms with Gasteiger partial charge in [-0.05, 0) is 38.6 Å². The lowest BCUT2D eigenvalue weighted by Crippen LogP contribution is -2.60. The maximum Gasteiger partial charge on any atom is 0.237 e. The molecule has 15 heavy (non-hydrogen) atoms. The zero-order valence-electron chi connectivity index (χ0n) is 9.29. The number of rotatable bonds is 4. The molecule has 2 rings (SSSR count). The van der Waals surface area contributed by atoms with E-state index >= 15 is 0 Å². The molecule has 1 amide bonds. The zero-order valence-corrected chi connectivity index (χ0v) is 9.29. The van der Waals surface area contributed by atoms with Crippen LogP contribution in [0.3, 0.4) is 0 Å². The van der Waals surface area contributed by atoms with Crippen molar-refractivity contribution >= 4 is 5.91 Å². The molecule has 1 aliphatic heterocycles. The Balaban J connectivity index is 1.97. The van der Waals surface area contributed by atoms with Crippen LogP contribution in [0.5, 0.6) is 0 Å². The molecule has 1 saturated heterocycles. The first-order valence-corrected chi connectivity index (χ1v) is 5.79. The molecule has 2 fully saturated rings. The molecular formula is C11H20N2O2. The van der Waals surface area contributed by atoms with Gasteiger partial charge in [0, 0.05) is 13.0 Å². The number of carbonyl (C=O) groups excluding carboxylic acids is 1. The number of hydrogen-bond acceptors (Lipinski definition) is 3. The smallest absolute Gasteiger partial charge is 0.237 e. The van der Waals surface area contributed by atoms with Crippen LogP contribution in [0.25, 0.3) is 0 Å². The Kier molecular flexibility index (Phi) is 2.98. The molecule has 1 saturated carbocycles. The molecule has 1 heterocycles. The molecule has 0 radical (unpaired) electrons. The van der Waals surface area contributed by atoms with Crippen molar-refractivity contribution in [2.75, 3.05) is 13.2 Å². The standard InChI is InChI=1S/C11H20N2O2/c1-8-6-11(10(12)14,4-5-15-8)13-7-9-2-3-9/h8-9,13H,2-7H2,1H3,(H2,12,14). The minimum absolute atomic E-state index is 0.123. The van der Waals surface area contributed by atoms with Gasteiger partial charge in [-0.1, -0.05) is 0 Å². The Hall–Kier alpha value is -0.610. The number of primary amides is 1. The summed E-state index contributed by atoms with van der Waals surface area (Å²) in [5, 5.41) is 3.37. The van der Waals surface area contributed by atoms with E-state index in [0.717, 1.165) is 12.5 Å². The van der Waals surface area contributed by atoms with Gasteiger partial charge in [0.15, 0.2) is 0 Å². The molecule has 3 N–H and O–H groups in total. The van der Waals surface area contributed by atoms with Crippen molar-refractivity contribution < 1.29 is 9.53 Å². The Bertz CT molecular complexity index is 253. The average Bonchev–Trinajstić information content (AvgIpc) is 2.98. The molecule has 2 aliphatic rings. The van der Waals surface area contributed by atoms with E-state index in [2.05, 4.69) is 5.32 Å². The van der Waals surface area contributed by atoms with Crippen molar-refractivity contribution in [3.05, 3.63) is 0 Å². The largest absolute Gasteiger partial charge is 0.378 e. The van der Waals surface area contributed by atoms with E-state index in [0.29, 0.717) is 19.4 Å². The van der Waals surface area contributed by atoms with Gasteiger partial charge in [0.2, 0.25) is 5.91 Å². The first-order valence-electron chi connectivity index (χ1n) is 5.79. The molecule has 0 aromatic carbocycles. The second-order valence-corrected chi connectivity index (χ2v) is 4.91. The molecule has 1 aliphatic carbocycles. The molecule has 0 bridgehead atoms. The first kappa shape index (κ1) is 10.9. The summed E-state index contributed by atoms with van der Waals surface area (Å²) in [5.74, 6) is 0.540. The highest BCUT2D eigenvalue weighted by molar-refractivity contribution is 5.84. The van der Waals surface area contributed by atoms with Crippen LogP contribution in [-0.2, 0) is 9.53 Å². The SMILES string of the molecule is CC1CC(NCC2CC2)(C(N)=O)CCO1. The number of nitrogens with two attached hydrogens (primary N) is 1. The Morgan fingerprint density at radius 3 is 2.87 bits per heavy atom. The van der Waals surface area contributed by atoms with Crippen molar-refractivity contribution in [1.82, 2.24) is 5.32 Å². The number of ether oxygens (including phenoxy) is 1.